The van der Waals surface area contributed by atoms with Crippen molar-refractivity contribution in [2.24, 2.45) is 0 Å². The Morgan fingerprint density at radius 1 is 1.35 bits per heavy atom. The van der Waals surface area contributed by atoms with Gasteiger partial charge in [-0.05, 0) is 39.5 Å². The second kappa shape index (κ2) is 6.15. The molecular weight excluding hydrogens is 349 g/mol. The van der Waals surface area contributed by atoms with E-state index in [-0.39, 0.29) is 14.9 Å². The Morgan fingerprint density at radius 2 is 2.10 bits per heavy atom. The number of hydrogen-bond acceptors (Lipinski definition) is 4. The van der Waals surface area contributed by atoms with Gasteiger partial charge in [-0.15, -0.1) is 11.3 Å². The fourth-order valence-corrected chi connectivity index (χ4v) is 2.66. The van der Waals surface area contributed by atoms with Crippen LogP contribution in [0.25, 0.3) is 0 Å². The van der Waals surface area contributed by atoms with Crippen molar-refractivity contribution < 1.29 is 18.7 Å². The summed E-state index contributed by atoms with van der Waals surface area (Å²) in [5.41, 5.74) is 0.188. The second-order valence-corrected chi connectivity index (χ2v) is 5.48. The molecule has 4 nitrogen and oxygen atoms in total. The number of hydrogen-bond donors (Lipinski definition) is 1. The molecule has 0 aliphatic heterocycles. The zero-order chi connectivity index (χ0) is 14.7. The van der Waals surface area contributed by atoms with Crippen LogP contribution in [-0.2, 0) is 4.74 Å². The molecule has 2 rings (SSSR count). The smallest absolute Gasteiger partial charge is 0.350 e. The second-order valence-electron chi connectivity index (χ2n) is 3.71. The first kappa shape index (κ1) is 14.7. The zero-order valence-corrected chi connectivity index (χ0v) is 12.7. The molecule has 0 saturated carbocycles. The molecule has 0 spiro atoms. The minimum atomic E-state index is -0.653. The average Bonchev–Trinajstić information content (AvgIpc) is 2.89. The van der Waals surface area contributed by atoms with Crippen LogP contribution in [-0.4, -0.2) is 19.0 Å². The Bertz CT molecular complexity index is 671. The topological polar surface area (TPSA) is 55.4 Å². The molecule has 20 heavy (non-hydrogen) atoms. The molecule has 7 heteroatoms. The monoisotopic (exact) mass is 357 g/mol. The summed E-state index contributed by atoms with van der Waals surface area (Å²) in [7, 11) is 1.25. The summed E-state index contributed by atoms with van der Waals surface area (Å²) in [5, 5.41) is 4.14. The molecule has 1 aromatic carbocycles. The van der Waals surface area contributed by atoms with Crippen LogP contribution >= 0.6 is 27.3 Å². The van der Waals surface area contributed by atoms with E-state index < -0.39 is 17.7 Å². The molecule has 0 radical (unpaired) electrons. The minimum Gasteiger partial charge on any atom is -0.465 e. The van der Waals surface area contributed by atoms with Crippen LogP contribution in [0.2, 0.25) is 0 Å². The SMILES string of the molecule is COC(=O)c1sccc1NC(=O)c1cccc(Br)c1F. The summed E-state index contributed by atoms with van der Waals surface area (Å²) in [6.07, 6.45) is 0. The van der Waals surface area contributed by atoms with Gasteiger partial charge in [-0.2, -0.15) is 0 Å². The Morgan fingerprint density at radius 3 is 2.80 bits per heavy atom. The van der Waals surface area contributed by atoms with Crippen LogP contribution in [0.1, 0.15) is 20.0 Å². The van der Waals surface area contributed by atoms with Crippen molar-refractivity contribution in [1.29, 1.82) is 0 Å². The molecule has 104 valence electrons. The molecule has 0 fully saturated rings. The van der Waals surface area contributed by atoms with E-state index in [1.807, 2.05) is 0 Å². The number of rotatable bonds is 3. The molecule has 0 atom stereocenters. The molecule has 2 aromatic rings. The third kappa shape index (κ3) is 2.88. The number of carbonyl (C=O) groups excluding carboxylic acids is 2. The Balaban J connectivity index is 2.27. The van der Waals surface area contributed by atoms with Crippen molar-refractivity contribution in [3.8, 4) is 0 Å². The number of esters is 1. The van der Waals surface area contributed by atoms with Crippen molar-refractivity contribution in [3.63, 3.8) is 0 Å². The minimum absolute atomic E-state index is 0.110. The maximum absolute atomic E-state index is 13.8. The standard InChI is InChI=1S/C13H9BrFNO3S/c1-19-13(18)11-9(5-6-20-11)16-12(17)7-3-2-4-8(14)10(7)15/h2-6H,1H3,(H,16,17). The highest BCUT2D eigenvalue weighted by Crippen LogP contribution is 2.25. The van der Waals surface area contributed by atoms with E-state index in [1.54, 1.807) is 17.5 Å². The van der Waals surface area contributed by atoms with E-state index in [2.05, 4.69) is 26.0 Å². The summed E-state index contributed by atoms with van der Waals surface area (Å²) in [5.74, 6) is -1.84. The predicted molar refractivity (Wildman–Crippen MR) is 77.7 cm³/mol. The molecule has 1 amide bonds. The van der Waals surface area contributed by atoms with Gasteiger partial charge in [0.2, 0.25) is 0 Å². The fraction of sp³-hybridized carbons (Fsp3) is 0.0769. The number of nitrogens with one attached hydrogen (secondary N) is 1. The summed E-state index contributed by atoms with van der Waals surface area (Å²) in [4.78, 5) is 23.8. The first-order valence-corrected chi connectivity index (χ1v) is 7.13. The highest BCUT2D eigenvalue weighted by atomic mass is 79.9. The van der Waals surface area contributed by atoms with Crippen molar-refractivity contribution in [3.05, 3.63) is 50.4 Å². The van der Waals surface area contributed by atoms with Gasteiger partial charge in [-0.25, -0.2) is 9.18 Å². The summed E-state index contributed by atoms with van der Waals surface area (Å²) >= 11 is 4.15. The average molecular weight is 358 g/mol. The van der Waals surface area contributed by atoms with E-state index in [0.717, 1.165) is 11.3 Å². The number of thiophene rings is 1. The van der Waals surface area contributed by atoms with E-state index in [1.165, 1.54) is 19.2 Å². The van der Waals surface area contributed by atoms with E-state index in [9.17, 15) is 14.0 Å². The van der Waals surface area contributed by atoms with Gasteiger partial charge in [0.15, 0.2) is 0 Å². The van der Waals surface area contributed by atoms with Crippen LogP contribution in [0.15, 0.2) is 34.1 Å². The van der Waals surface area contributed by atoms with Gasteiger partial charge in [0.25, 0.3) is 5.91 Å². The van der Waals surface area contributed by atoms with Crippen molar-refractivity contribution >= 4 is 44.8 Å². The quantitative estimate of drug-likeness (QED) is 0.852. The molecule has 0 aliphatic carbocycles. The lowest BCUT2D eigenvalue weighted by atomic mass is 10.2. The lowest BCUT2D eigenvalue weighted by molar-refractivity contribution is 0.0607. The molecular formula is C13H9BrFNO3S. The van der Waals surface area contributed by atoms with Gasteiger partial charge in [0.05, 0.1) is 22.8 Å². The van der Waals surface area contributed by atoms with Gasteiger partial charge >= 0.3 is 5.97 Å². The first-order valence-electron chi connectivity index (χ1n) is 5.45. The van der Waals surface area contributed by atoms with Crippen LogP contribution < -0.4 is 5.32 Å². The van der Waals surface area contributed by atoms with Gasteiger partial charge in [-0.3, -0.25) is 4.79 Å². The largest absolute Gasteiger partial charge is 0.465 e. The summed E-state index contributed by atoms with van der Waals surface area (Å²) < 4.78 is 18.6. The zero-order valence-electron chi connectivity index (χ0n) is 10.3. The molecule has 0 bridgehead atoms. The first-order chi connectivity index (χ1) is 9.54. The normalized spacial score (nSPS) is 10.2. The van der Waals surface area contributed by atoms with Gasteiger partial charge < -0.3 is 10.1 Å². The fourth-order valence-electron chi connectivity index (χ4n) is 1.53. The van der Waals surface area contributed by atoms with Crippen LogP contribution in [0.4, 0.5) is 10.1 Å². The Hall–Kier alpha value is -1.73. The number of amides is 1. The lowest BCUT2D eigenvalue weighted by Gasteiger charge is -2.07. The van der Waals surface area contributed by atoms with Gasteiger partial charge in [-0.1, -0.05) is 6.07 Å². The summed E-state index contributed by atoms with van der Waals surface area (Å²) in [6, 6.07) is 5.97. The lowest BCUT2D eigenvalue weighted by Crippen LogP contribution is -2.15. The number of benzene rings is 1. The third-order valence-electron chi connectivity index (χ3n) is 2.48. The Labute approximate surface area is 126 Å². The molecule has 1 aromatic heterocycles. The molecule has 1 N–H and O–H groups in total. The predicted octanol–water partition coefficient (Wildman–Crippen LogP) is 3.69. The van der Waals surface area contributed by atoms with Gasteiger partial charge in [0.1, 0.15) is 10.7 Å². The van der Waals surface area contributed by atoms with Crippen LogP contribution in [0, 0.1) is 5.82 Å². The maximum Gasteiger partial charge on any atom is 0.350 e. The molecule has 0 saturated heterocycles. The molecule has 0 unspecified atom stereocenters. The highest BCUT2D eigenvalue weighted by molar-refractivity contribution is 9.10. The third-order valence-corrected chi connectivity index (χ3v) is 3.99. The van der Waals surface area contributed by atoms with E-state index >= 15 is 0 Å². The van der Waals surface area contributed by atoms with Crippen molar-refractivity contribution in [1.82, 2.24) is 0 Å². The molecule has 1 heterocycles. The number of ether oxygens (including phenoxy) is 1. The van der Waals surface area contributed by atoms with E-state index in [0.29, 0.717) is 5.69 Å². The number of carbonyl (C=O) groups is 2. The van der Waals surface area contributed by atoms with Crippen LogP contribution in [0.5, 0.6) is 0 Å². The van der Waals surface area contributed by atoms with Crippen molar-refractivity contribution in [2.75, 3.05) is 12.4 Å². The Kier molecular flexibility index (Phi) is 4.51. The number of anilines is 1. The number of halogens is 2. The highest BCUT2D eigenvalue weighted by Gasteiger charge is 2.18. The molecule has 0 aliphatic rings. The number of methoxy groups -OCH3 is 1. The van der Waals surface area contributed by atoms with E-state index in [4.69, 9.17) is 0 Å². The van der Waals surface area contributed by atoms with Crippen LogP contribution in [0.3, 0.4) is 0 Å². The van der Waals surface area contributed by atoms with Crippen molar-refractivity contribution in [2.45, 2.75) is 0 Å². The van der Waals surface area contributed by atoms with Gasteiger partial charge in [0, 0.05) is 0 Å². The maximum atomic E-state index is 13.8. The summed E-state index contributed by atoms with van der Waals surface area (Å²) in [6.45, 7) is 0.